The lowest BCUT2D eigenvalue weighted by molar-refractivity contribution is -0.394. The van der Waals surface area contributed by atoms with Crippen molar-refractivity contribution in [1.82, 2.24) is 0 Å². The summed E-state index contributed by atoms with van der Waals surface area (Å²) in [6.45, 7) is 6.37. The van der Waals surface area contributed by atoms with Crippen LogP contribution in [-0.4, -0.2) is 28.4 Å². The van der Waals surface area contributed by atoms with Crippen LogP contribution in [0.2, 0.25) is 0 Å². The van der Waals surface area contributed by atoms with E-state index in [0.29, 0.717) is 6.61 Å². The lowest BCUT2D eigenvalue weighted by Gasteiger charge is -2.21. The summed E-state index contributed by atoms with van der Waals surface area (Å²) in [6, 6.07) is 3.29. The first kappa shape index (κ1) is 14.9. The van der Waals surface area contributed by atoms with Gasteiger partial charge in [0.25, 0.3) is 11.4 Å². The van der Waals surface area contributed by atoms with Crippen LogP contribution in [0.3, 0.4) is 0 Å². The van der Waals surface area contributed by atoms with Crippen LogP contribution in [0.1, 0.15) is 26.3 Å². The first-order valence-corrected chi connectivity index (χ1v) is 6.33. The fourth-order valence-electron chi connectivity index (χ4n) is 1.90. The Morgan fingerprint density at radius 3 is 2.05 bits per heavy atom. The van der Waals surface area contributed by atoms with E-state index in [1.807, 2.05) is 20.8 Å². The van der Waals surface area contributed by atoms with E-state index >= 15 is 0 Å². The molecule has 0 radical (unpaired) electrons. The highest BCUT2D eigenvalue weighted by atomic mass is 16.6. The van der Waals surface area contributed by atoms with Crippen molar-refractivity contribution < 1.29 is 14.6 Å². The number of rotatable bonds is 3. The second kappa shape index (κ2) is 5.12. The van der Waals surface area contributed by atoms with Gasteiger partial charge in [-0.2, -0.15) is 0 Å². The minimum atomic E-state index is -0.673. The second-order valence-electron chi connectivity index (χ2n) is 5.88. The lowest BCUT2D eigenvalue weighted by Crippen LogP contribution is -2.25. The Kier molecular flexibility index (Phi) is 3.63. The van der Waals surface area contributed by atoms with Crippen molar-refractivity contribution in [3.05, 3.63) is 44.0 Å². The van der Waals surface area contributed by atoms with Gasteiger partial charge in [-0.15, -0.1) is 0 Å². The quantitative estimate of drug-likeness (QED) is 0.628. The maximum Gasteiger partial charge on any atom is 0.277 e. The summed E-state index contributed by atoms with van der Waals surface area (Å²) in [5.41, 5.74) is -0.578. The molecule has 0 aromatic heterocycles. The molecule has 0 saturated heterocycles. The summed E-state index contributed by atoms with van der Waals surface area (Å²) in [5.74, 6) is 0.210. The van der Waals surface area contributed by atoms with Gasteiger partial charge in [-0.3, -0.25) is 20.2 Å². The highest BCUT2D eigenvalue weighted by Crippen LogP contribution is 2.29. The number of ether oxygens (including phenoxy) is 1. The van der Waals surface area contributed by atoms with Gasteiger partial charge in [0.05, 0.1) is 22.0 Å². The molecule has 1 aliphatic rings. The number of aliphatic imine (C=N–C) groups is 1. The molecule has 112 valence electrons. The summed E-state index contributed by atoms with van der Waals surface area (Å²) in [5, 5.41) is 21.7. The Hall–Kier alpha value is -2.51. The van der Waals surface area contributed by atoms with E-state index in [2.05, 4.69) is 4.99 Å². The van der Waals surface area contributed by atoms with E-state index in [0.717, 1.165) is 6.07 Å². The normalized spacial score (nSPS) is 18.0. The van der Waals surface area contributed by atoms with Crippen LogP contribution in [-0.2, 0) is 4.74 Å². The van der Waals surface area contributed by atoms with Crippen LogP contribution in [0.4, 0.5) is 11.4 Å². The Morgan fingerprint density at radius 1 is 1.14 bits per heavy atom. The SMILES string of the molecule is CC(C)(C)C1COC(c2cc([N+](=O)[O-])cc([N+](=O)[O-])c2)=N1. The van der Waals surface area contributed by atoms with Crippen LogP contribution in [0.15, 0.2) is 23.2 Å². The average Bonchev–Trinajstić information content (AvgIpc) is 2.87. The maximum atomic E-state index is 10.9. The molecule has 0 N–H and O–H groups in total. The summed E-state index contributed by atoms with van der Waals surface area (Å²) in [6.07, 6.45) is 0. The van der Waals surface area contributed by atoms with Gasteiger partial charge >= 0.3 is 0 Å². The van der Waals surface area contributed by atoms with Gasteiger partial charge in [0, 0.05) is 17.7 Å². The summed E-state index contributed by atoms with van der Waals surface area (Å²) >= 11 is 0. The number of hydrogen-bond acceptors (Lipinski definition) is 6. The molecule has 0 amide bonds. The van der Waals surface area contributed by atoms with Gasteiger partial charge in [-0.25, -0.2) is 4.99 Å². The molecule has 8 nitrogen and oxygen atoms in total. The van der Waals surface area contributed by atoms with E-state index in [1.165, 1.54) is 12.1 Å². The smallest absolute Gasteiger partial charge is 0.277 e. The summed E-state index contributed by atoms with van der Waals surface area (Å²) in [7, 11) is 0. The molecule has 0 fully saturated rings. The van der Waals surface area contributed by atoms with E-state index in [4.69, 9.17) is 4.74 Å². The Balaban J connectivity index is 2.45. The molecule has 1 aromatic rings. The van der Waals surface area contributed by atoms with Gasteiger partial charge < -0.3 is 4.74 Å². The number of nitrogens with zero attached hydrogens (tertiary/aromatic N) is 3. The Labute approximate surface area is 120 Å². The second-order valence-corrected chi connectivity index (χ2v) is 5.88. The third kappa shape index (κ3) is 3.15. The summed E-state index contributed by atoms with van der Waals surface area (Å²) in [4.78, 5) is 24.8. The van der Waals surface area contributed by atoms with E-state index in [1.54, 1.807) is 0 Å². The van der Waals surface area contributed by atoms with Crippen LogP contribution in [0, 0.1) is 25.6 Å². The maximum absolute atomic E-state index is 10.9. The van der Waals surface area contributed by atoms with Gasteiger partial charge in [-0.1, -0.05) is 20.8 Å². The number of hydrogen-bond donors (Lipinski definition) is 0. The molecule has 1 aromatic carbocycles. The highest BCUT2D eigenvalue weighted by molar-refractivity contribution is 5.96. The number of non-ortho nitro benzene ring substituents is 2. The highest BCUT2D eigenvalue weighted by Gasteiger charge is 2.31. The summed E-state index contributed by atoms with van der Waals surface area (Å²) < 4.78 is 5.45. The predicted molar refractivity (Wildman–Crippen MR) is 75.5 cm³/mol. The van der Waals surface area contributed by atoms with E-state index < -0.39 is 9.85 Å². The fraction of sp³-hybridized carbons (Fsp3) is 0.462. The minimum Gasteiger partial charge on any atom is -0.475 e. The van der Waals surface area contributed by atoms with Crippen LogP contribution in [0.25, 0.3) is 0 Å². The molecule has 0 saturated carbocycles. The van der Waals surface area contributed by atoms with Crippen molar-refractivity contribution in [3.63, 3.8) is 0 Å². The minimum absolute atomic E-state index is 0.0918. The monoisotopic (exact) mass is 293 g/mol. The van der Waals surface area contributed by atoms with Crippen molar-refractivity contribution in [3.8, 4) is 0 Å². The van der Waals surface area contributed by atoms with Gasteiger partial charge in [0.15, 0.2) is 0 Å². The van der Waals surface area contributed by atoms with E-state index in [9.17, 15) is 20.2 Å². The molecule has 1 atom stereocenters. The zero-order valence-corrected chi connectivity index (χ0v) is 11.9. The molecule has 21 heavy (non-hydrogen) atoms. The van der Waals surface area contributed by atoms with E-state index in [-0.39, 0.29) is 34.3 Å². The van der Waals surface area contributed by atoms with Crippen LogP contribution >= 0.6 is 0 Å². The number of benzene rings is 1. The first-order chi connectivity index (χ1) is 9.68. The zero-order valence-electron chi connectivity index (χ0n) is 11.9. The first-order valence-electron chi connectivity index (χ1n) is 6.33. The molecule has 2 rings (SSSR count). The molecular weight excluding hydrogens is 278 g/mol. The predicted octanol–water partition coefficient (Wildman–Crippen LogP) is 2.69. The third-order valence-corrected chi connectivity index (χ3v) is 3.22. The number of nitro benzene ring substituents is 2. The van der Waals surface area contributed by atoms with Crippen molar-refractivity contribution >= 4 is 17.3 Å². The molecule has 1 unspecified atom stereocenters. The van der Waals surface area contributed by atoms with Crippen LogP contribution in [0.5, 0.6) is 0 Å². The number of nitro groups is 2. The van der Waals surface area contributed by atoms with Crippen LogP contribution < -0.4 is 0 Å². The average molecular weight is 293 g/mol. The lowest BCUT2D eigenvalue weighted by atomic mass is 9.88. The van der Waals surface area contributed by atoms with Crippen molar-refractivity contribution in [1.29, 1.82) is 0 Å². The third-order valence-electron chi connectivity index (χ3n) is 3.22. The van der Waals surface area contributed by atoms with Gasteiger partial charge in [0.2, 0.25) is 5.90 Å². The topological polar surface area (TPSA) is 108 Å². The zero-order chi connectivity index (χ0) is 15.8. The van der Waals surface area contributed by atoms with Crippen molar-refractivity contribution in [2.75, 3.05) is 6.61 Å². The molecule has 0 aliphatic carbocycles. The molecule has 1 aliphatic heterocycles. The Morgan fingerprint density at radius 2 is 1.67 bits per heavy atom. The standard InChI is InChI=1S/C13H15N3O5/c1-13(2,3)11-7-21-12(14-11)8-4-9(15(17)18)6-10(5-8)16(19)20/h4-6,11H,7H2,1-3H3. The Bertz CT molecular complexity index is 601. The van der Waals surface area contributed by atoms with Gasteiger partial charge in [-0.05, 0) is 5.41 Å². The van der Waals surface area contributed by atoms with Gasteiger partial charge in [0.1, 0.15) is 6.61 Å². The molecule has 0 bridgehead atoms. The van der Waals surface area contributed by atoms with Crippen molar-refractivity contribution in [2.24, 2.45) is 10.4 Å². The molecule has 8 heteroatoms. The largest absolute Gasteiger partial charge is 0.475 e. The fourth-order valence-corrected chi connectivity index (χ4v) is 1.90. The molecule has 0 spiro atoms. The molecular formula is C13H15N3O5. The van der Waals surface area contributed by atoms with Crippen molar-refractivity contribution in [2.45, 2.75) is 26.8 Å². The molecule has 1 heterocycles.